The second-order valence-electron chi connectivity index (χ2n) is 4.46. The highest BCUT2D eigenvalue weighted by Gasteiger charge is 2.26. The van der Waals surface area contributed by atoms with Gasteiger partial charge in [-0.05, 0) is 33.2 Å². The fourth-order valence-corrected chi connectivity index (χ4v) is 1.20. The van der Waals surface area contributed by atoms with E-state index in [1.54, 1.807) is 0 Å². The second-order valence-corrected chi connectivity index (χ2v) is 4.46. The van der Waals surface area contributed by atoms with Gasteiger partial charge in [-0.2, -0.15) is 0 Å². The Bertz CT molecular complexity index is 385. The minimum atomic E-state index is -0.705. The maximum absolute atomic E-state index is 13.3. The van der Waals surface area contributed by atoms with Crippen molar-refractivity contribution in [3.63, 3.8) is 0 Å². The number of hydrogen-bond acceptors (Lipinski definition) is 3. The summed E-state index contributed by atoms with van der Waals surface area (Å²) >= 11 is 0. The fourth-order valence-electron chi connectivity index (χ4n) is 1.20. The van der Waals surface area contributed by atoms with Crippen molar-refractivity contribution in [1.82, 2.24) is 4.90 Å². The zero-order chi connectivity index (χ0) is 13.1. The van der Waals surface area contributed by atoms with E-state index in [0.717, 1.165) is 12.1 Å². The van der Waals surface area contributed by atoms with Crippen LogP contribution in [0.3, 0.4) is 0 Å². The molecule has 1 rings (SSSR count). The van der Waals surface area contributed by atoms with Crippen molar-refractivity contribution < 1.29 is 13.5 Å². The zero-order valence-corrected chi connectivity index (χ0v) is 10.3. The molecule has 96 valence electrons. The quantitative estimate of drug-likeness (QED) is 0.855. The Labute approximate surface area is 100 Å². The lowest BCUT2D eigenvalue weighted by atomic mass is 10.0. The van der Waals surface area contributed by atoms with Crippen LogP contribution in [0.5, 0.6) is 5.75 Å². The monoisotopic (exact) mass is 244 g/mol. The van der Waals surface area contributed by atoms with E-state index in [4.69, 9.17) is 10.5 Å². The molecule has 1 aromatic carbocycles. The van der Waals surface area contributed by atoms with Gasteiger partial charge in [0.25, 0.3) is 0 Å². The SMILES string of the molecule is CN(C)C(C)(CN)COc1ccc(F)cc1F. The highest BCUT2D eigenvalue weighted by Crippen LogP contribution is 2.20. The summed E-state index contributed by atoms with van der Waals surface area (Å²) in [6.07, 6.45) is 0. The van der Waals surface area contributed by atoms with Gasteiger partial charge in [0.15, 0.2) is 11.6 Å². The molecule has 5 heteroatoms. The van der Waals surface area contributed by atoms with Crippen LogP contribution in [-0.2, 0) is 0 Å². The first-order valence-corrected chi connectivity index (χ1v) is 5.34. The van der Waals surface area contributed by atoms with Crippen LogP contribution < -0.4 is 10.5 Å². The van der Waals surface area contributed by atoms with Gasteiger partial charge in [0.1, 0.15) is 12.4 Å². The standard InChI is InChI=1S/C12H18F2N2O/c1-12(7-15,16(2)3)8-17-11-5-4-9(13)6-10(11)14/h4-6H,7-8,15H2,1-3H3. The number of hydrogen-bond donors (Lipinski definition) is 1. The van der Waals surface area contributed by atoms with Crippen molar-refractivity contribution in [3.8, 4) is 5.75 Å². The van der Waals surface area contributed by atoms with Gasteiger partial charge in [-0.1, -0.05) is 0 Å². The summed E-state index contributed by atoms with van der Waals surface area (Å²) in [6, 6.07) is 3.23. The van der Waals surface area contributed by atoms with Crippen molar-refractivity contribution in [3.05, 3.63) is 29.8 Å². The molecule has 0 aliphatic rings. The summed E-state index contributed by atoms with van der Waals surface area (Å²) in [5.41, 5.74) is 5.27. The third-order valence-electron chi connectivity index (χ3n) is 2.95. The summed E-state index contributed by atoms with van der Waals surface area (Å²) in [4.78, 5) is 1.91. The highest BCUT2D eigenvalue weighted by molar-refractivity contribution is 5.24. The first-order chi connectivity index (χ1) is 7.89. The van der Waals surface area contributed by atoms with Crippen LogP contribution in [0.2, 0.25) is 0 Å². The number of nitrogens with zero attached hydrogens (tertiary/aromatic N) is 1. The number of nitrogens with two attached hydrogens (primary N) is 1. The Morgan fingerprint density at radius 2 is 2.00 bits per heavy atom. The van der Waals surface area contributed by atoms with Crippen LogP contribution in [0.1, 0.15) is 6.92 Å². The highest BCUT2D eigenvalue weighted by atomic mass is 19.1. The van der Waals surface area contributed by atoms with E-state index in [2.05, 4.69) is 0 Å². The maximum Gasteiger partial charge on any atom is 0.167 e. The predicted octanol–water partition coefficient (Wildman–Crippen LogP) is 1.62. The molecule has 0 aliphatic carbocycles. The first-order valence-electron chi connectivity index (χ1n) is 5.34. The molecule has 0 fully saturated rings. The van der Waals surface area contributed by atoms with E-state index in [0.29, 0.717) is 6.54 Å². The summed E-state index contributed by atoms with van der Waals surface area (Å²) in [5, 5.41) is 0. The molecular formula is C12H18F2N2O. The largest absolute Gasteiger partial charge is 0.489 e. The zero-order valence-electron chi connectivity index (χ0n) is 10.3. The van der Waals surface area contributed by atoms with Gasteiger partial charge >= 0.3 is 0 Å². The second kappa shape index (κ2) is 5.42. The lowest BCUT2D eigenvalue weighted by Crippen LogP contribution is -2.52. The van der Waals surface area contributed by atoms with E-state index in [1.807, 2.05) is 25.9 Å². The number of likely N-dealkylation sites (N-methyl/N-ethyl adjacent to an activating group) is 1. The van der Waals surface area contributed by atoms with Gasteiger partial charge in [0.2, 0.25) is 0 Å². The number of ether oxygens (including phenoxy) is 1. The van der Waals surface area contributed by atoms with Gasteiger partial charge in [-0.3, -0.25) is 4.90 Å². The van der Waals surface area contributed by atoms with Gasteiger partial charge in [0, 0.05) is 12.6 Å². The molecule has 0 spiro atoms. The van der Waals surface area contributed by atoms with E-state index in [-0.39, 0.29) is 17.9 Å². The van der Waals surface area contributed by atoms with E-state index < -0.39 is 11.6 Å². The molecule has 2 N–H and O–H groups in total. The molecule has 3 nitrogen and oxygen atoms in total. The van der Waals surface area contributed by atoms with Crippen molar-refractivity contribution in [2.24, 2.45) is 5.73 Å². The molecule has 1 unspecified atom stereocenters. The summed E-state index contributed by atoms with van der Waals surface area (Å²) in [6.45, 7) is 2.52. The molecule has 0 aliphatic heterocycles. The van der Waals surface area contributed by atoms with E-state index in [1.165, 1.54) is 6.07 Å². The molecule has 0 amide bonds. The fraction of sp³-hybridized carbons (Fsp3) is 0.500. The van der Waals surface area contributed by atoms with Crippen LogP contribution in [0.25, 0.3) is 0 Å². The molecule has 0 saturated heterocycles. The van der Waals surface area contributed by atoms with Crippen molar-refractivity contribution in [1.29, 1.82) is 0 Å². The normalized spacial score (nSPS) is 14.8. The summed E-state index contributed by atoms with van der Waals surface area (Å²) < 4.78 is 31.4. The van der Waals surface area contributed by atoms with Crippen molar-refractivity contribution in [2.75, 3.05) is 27.2 Å². The van der Waals surface area contributed by atoms with E-state index >= 15 is 0 Å². The molecule has 17 heavy (non-hydrogen) atoms. The topological polar surface area (TPSA) is 38.5 Å². The Morgan fingerprint density at radius 3 is 2.47 bits per heavy atom. The maximum atomic E-state index is 13.3. The predicted molar refractivity (Wildman–Crippen MR) is 63.0 cm³/mol. The minimum Gasteiger partial charge on any atom is -0.489 e. The lowest BCUT2D eigenvalue weighted by molar-refractivity contribution is 0.102. The van der Waals surface area contributed by atoms with E-state index in [9.17, 15) is 8.78 Å². The molecule has 0 bridgehead atoms. The minimum absolute atomic E-state index is 0.0351. The molecular weight excluding hydrogens is 226 g/mol. The van der Waals surface area contributed by atoms with Crippen LogP contribution in [0, 0.1) is 11.6 Å². The van der Waals surface area contributed by atoms with Gasteiger partial charge < -0.3 is 10.5 Å². The van der Waals surface area contributed by atoms with Crippen LogP contribution in [-0.4, -0.2) is 37.7 Å². The molecule has 1 aromatic rings. The summed E-state index contributed by atoms with van der Waals surface area (Å²) in [7, 11) is 3.74. The Kier molecular flexibility index (Phi) is 4.42. The third-order valence-corrected chi connectivity index (χ3v) is 2.95. The average molecular weight is 244 g/mol. The summed E-state index contributed by atoms with van der Waals surface area (Å²) in [5.74, 6) is -1.29. The average Bonchev–Trinajstić information content (AvgIpc) is 2.27. The van der Waals surface area contributed by atoms with Crippen LogP contribution in [0.4, 0.5) is 8.78 Å². The smallest absolute Gasteiger partial charge is 0.167 e. The Morgan fingerprint density at radius 1 is 1.35 bits per heavy atom. The molecule has 0 radical (unpaired) electrons. The Balaban J connectivity index is 2.73. The van der Waals surface area contributed by atoms with Crippen LogP contribution >= 0.6 is 0 Å². The Hall–Kier alpha value is -1.20. The molecule has 1 atom stereocenters. The van der Waals surface area contributed by atoms with Crippen molar-refractivity contribution >= 4 is 0 Å². The lowest BCUT2D eigenvalue weighted by Gasteiger charge is -2.34. The van der Waals surface area contributed by atoms with Gasteiger partial charge in [-0.15, -0.1) is 0 Å². The van der Waals surface area contributed by atoms with Gasteiger partial charge in [-0.25, -0.2) is 8.78 Å². The van der Waals surface area contributed by atoms with Crippen LogP contribution in [0.15, 0.2) is 18.2 Å². The molecule has 0 aromatic heterocycles. The molecule has 0 heterocycles. The number of rotatable bonds is 5. The van der Waals surface area contributed by atoms with Gasteiger partial charge in [0.05, 0.1) is 5.54 Å². The molecule has 0 saturated carbocycles. The number of halogens is 2. The number of benzene rings is 1. The first kappa shape index (κ1) is 13.9. The van der Waals surface area contributed by atoms with Crippen molar-refractivity contribution in [2.45, 2.75) is 12.5 Å². The third kappa shape index (κ3) is 3.38.